The molecule has 3 rings (SSSR count). The molecule has 3 fully saturated rings. The molecule has 2 aliphatic carbocycles. The van der Waals surface area contributed by atoms with Gasteiger partial charge in [-0.05, 0) is 37.0 Å². The lowest BCUT2D eigenvalue weighted by molar-refractivity contribution is 0.151. The summed E-state index contributed by atoms with van der Waals surface area (Å²) < 4.78 is 0. The number of hydrogen-bond acceptors (Lipinski definition) is 1. The van der Waals surface area contributed by atoms with Crippen LogP contribution in [0.5, 0.6) is 0 Å². The first kappa shape index (κ1) is 11.4. The van der Waals surface area contributed by atoms with E-state index < -0.39 is 0 Å². The van der Waals surface area contributed by atoms with Gasteiger partial charge in [-0.25, -0.2) is 0 Å². The molecule has 1 heterocycles. The van der Waals surface area contributed by atoms with E-state index in [1.807, 2.05) is 7.05 Å². The van der Waals surface area contributed by atoms with Crippen LogP contribution in [0.4, 0.5) is 0 Å². The molecule has 0 bridgehead atoms. The van der Waals surface area contributed by atoms with Crippen molar-refractivity contribution in [1.29, 1.82) is 0 Å². The average molecular weight is 235 g/mol. The molecule has 3 nitrogen and oxygen atoms in total. The molecule has 1 N–H and O–H groups in total. The van der Waals surface area contributed by atoms with Gasteiger partial charge in [-0.15, -0.1) is 0 Å². The van der Waals surface area contributed by atoms with Crippen molar-refractivity contribution in [3.05, 3.63) is 0 Å². The highest BCUT2D eigenvalue weighted by atomic mass is 15.3. The van der Waals surface area contributed by atoms with Crippen LogP contribution >= 0.6 is 0 Å². The van der Waals surface area contributed by atoms with E-state index >= 15 is 0 Å². The Labute approximate surface area is 105 Å². The number of likely N-dealkylation sites (tertiary alicyclic amines) is 1. The standard InChI is InChI=1S/C14H25N3/c1-15-13(16-9-5-12-3-4-12)17-10-8-14(11-17)6-2-7-14/h12H,2-11H2,1H3,(H,15,16). The Morgan fingerprint density at radius 3 is 2.71 bits per heavy atom. The van der Waals surface area contributed by atoms with E-state index in [2.05, 4.69) is 15.2 Å². The van der Waals surface area contributed by atoms with Crippen LogP contribution in [-0.2, 0) is 0 Å². The average Bonchev–Trinajstić information content (AvgIpc) is 2.99. The maximum absolute atomic E-state index is 4.44. The molecule has 0 atom stereocenters. The molecule has 1 aliphatic heterocycles. The van der Waals surface area contributed by atoms with Crippen LogP contribution in [0, 0.1) is 11.3 Å². The zero-order valence-electron chi connectivity index (χ0n) is 11.0. The van der Waals surface area contributed by atoms with Crippen LogP contribution < -0.4 is 5.32 Å². The Kier molecular flexibility index (Phi) is 3.01. The lowest BCUT2D eigenvalue weighted by Gasteiger charge is -2.38. The molecule has 17 heavy (non-hydrogen) atoms. The first-order valence-electron chi connectivity index (χ1n) is 7.27. The molecule has 0 aromatic heterocycles. The van der Waals surface area contributed by atoms with Crippen molar-refractivity contribution in [2.45, 2.75) is 44.9 Å². The second-order valence-corrected chi connectivity index (χ2v) is 6.23. The SMILES string of the molecule is CN=C(NCCC1CC1)N1CCC2(CCC2)C1. The van der Waals surface area contributed by atoms with Gasteiger partial charge in [-0.3, -0.25) is 4.99 Å². The van der Waals surface area contributed by atoms with Crippen molar-refractivity contribution >= 4 is 5.96 Å². The van der Waals surface area contributed by atoms with Crippen LogP contribution in [0.15, 0.2) is 4.99 Å². The Bertz CT molecular complexity index is 303. The third-order valence-corrected chi connectivity index (χ3v) is 4.90. The van der Waals surface area contributed by atoms with Crippen molar-refractivity contribution in [2.75, 3.05) is 26.7 Å². The summed E-state index contributed by atoms with van der Waals surface area (Å²) in [5, 5.41) is 3.54. The fraction of sp³-hybridized carbons (Fsp3) is 0.929. The van der Waals surface area contributed by atoms with Gasteiger partial charge in [0.05, 0.1) is 0 Å². The molecule has 3 aliphatic rings. The largest absolute Gasteiger partial charge is 0.356 e. The minimum absolute atomic E-state index is 0.675. The second-order valence-electron chi connectivity index (χ2n) is 6.23. The summed E-state index contributed by atoms with van der Waals surface area (Å²) in [6.45, 7) is 3.57. The third kappa shape index (κ3) is 2.43. The van der Waals surface area contributed by atoms with Gasteiger partial charge in [-0.1, -0.05) is 19.3 Å². The van der Waals surface area contributed by atoms with Crippen molar-refractivity contribution in [3.63, 3.8) is 0 Å². The monoisotopic (exact) mass is 235 g/mol. The summed E-state index contributed by atoms with van der Waals surface area (Å²) in [7, 11) is 1.92. The van der Waals surface area contributed by atoms with E-state index in [1.165, 1.54) is 58.0 Å². The molecule has 0 aromatic carbocycles. The zero-order valence-corrected chi connectivity index (χ0v) is 11.0. The molecule has 0 unspecified atom stereocenters. The molecule has 96 valence electrons. The van der Waals surface area contributed by atoms with Gasteiger partial charge >= 0.3 is 0 Å². The Morgan fingerprint density at radius 1 is 1.35 bits per heavy atom. The van der Waals surface area contributed by atoms with E-state index in [9.17, 15) is 0 Å². The highest BCUT2D eigenvalue weighted by molar-refractivity contribution is 5.80. The molecule has 1 spiro atoms. The summed E-state index contributed by atoms with van der Waals surface area (Å²) in [4.78, 5) is 6.92. The van der Waals surface area contributed by atoms with E-state index in [4.69, 9.17) is 0 Å². The van der Waals surface area contributed by atoms with E-state index in [0.29, 0.717) is 5.41 Å². The highest BCUT2D eigenvalue weighted by Gasteiger charge is 2.43. The van der Waals surface area contributed by atoms with Gasteiger partial charge in [0, 0.05) is 26.7 Å². The van der Waals surface area contributed by atoms with Crippen LogP contribution in [0.25, 0.3) is 0 Å². The van der Waals surface area contributed by atoms with Crippen molar-refractivity contribution in [1.82, 2.24) is 10.2 Å². The maximum atomic E-state index is 4.44. The van der Waals surface area contributed by atoms with Gasteiger partial charge in [0.2, 0.25) is 0 Å². The quantitative estimate of drug-likeness (QED) is 0.600. The number of rotatable bonds is 3. The van der Waals surface area contributed by atoms with E-state index in [1.54, 1.807) is 0 Å². The Balaban J connectivity index is 1.47. The van der Waals surface area contributed by atoms with Gasteiger partial charge < -0.3 is 10.2 Å². The van der Waals surface area contributed by atoms with E-state index in [0.717, 1.165) is 18.4 Å². The normalized spacial score (nSPS) is 27.4. The summed E-state index contributed by atoms with van der Waals surface area (Å²) in [5.74, 6) is 2.16. The summed E-state index contributed by atoms with van der Waals surface area (Å²) >= 11 is 0. The van der Waals surface area contributed by atoms with Crippen molar-refractivity contribution < 1.29 is 0 Å². The minimum Gasteiger partial charge on any atom is -0.356 e. The van der Waals surface area contributed by atoms with Gasteiger partial charge in [0.25, 0.3) is 0 Å². The Morgan fingerprint density at radius 2 is 2.18 bits per heavy atom. The molecular formula is C14H25N3. The minimum atomic E-state index is 0.675. The topological polar surface area (TPSA) is 27.6 Å². The number of nitrogens with zero attached hydrogens (tertiary/aromatic N) is 2. The number of hydrogen-bond donors (Lipinski definition) is 1. The predicted molar refractivity (Wildman–Crippen MR) is 71.2 cm³/mol. The summed E-state index contributed by atoms with van der Waals surface area (Å²) in [6, 6.07) is 0. The highest BCUT2D eigenvalue weighted by Crippen LogP contribution is 2.47. The fourth-order valence-corrected chi connectivity index (χ4v) is 3.33. The fourth-order valence-electron chi connectivity index (χ4n) is 3.33. The van der Waals surface area contributed by atoms with E-state index in [-0.39, 0.29) is 0 Å². The Hall–Kier alpha value is -0.730. The predicted octanol–water partition coefficient (Wildman–Crippen LogP) is 2.24. The molecule has 0 aromatic rings. The van der Waals surface area contributed by atoms with Crippen molar-refractivity contribution in [2.24, 2.45) is 16.3 Å². The second kappa shape index (κ2) is 4.51. The third-order valence-electron chi connectivity index (χ3n) is 4.90. The summed E-state index contributed by atoms with van der Waals surface area (Å²) in [6.07, 6.45) is 9.96. The number of aliphatic imine (C=N–C) groups is 1. The smallest absolute Gasteiger partial charge is 0.193 e. The maximum Gasteiger partial charge on any atom is 0.193 e. The molecule has 1 saturated heterocycles. The van der Waals surface area contributed by atoms with Crippen LogP contribution in [-0.4, -0.2) is 37.5 Å². The lowest BCUT2D eigenvalue weighted by Crippen LogP contribution is -2.42. The van der Waals surface area contributed by atoms with Crippen LogP contribution in [0.2, 0.25) is 0 Å². The first-order valence-corrected chi connectivity index (χ1v) is 7.27. The van der Waals surface area contributed by atoms with Crippen molar-refractivity contribution in [3.8, 4) is 0 Å². The zero-order chi connectivity index (χ0) is 11.7. The lowest BCUT2D eigenvalue weighted by atomic mass is 9.68. The molecule has 3 heteroatoms. The molecule has 2 saturated carbocycles. The molecule has 0 amide bonds. The molecule has 0 radical (unpaired) electrons. The van der Waals surface area contributed by atoms with Gasteiger partial charge in [0.15, 0.2) is 5.96 Å². The molecular weight excluding hydrogens is 210 g/mol. The van der Waals surface area contributed by atoms with Gasteiger partial charge in [0.1, 0.15) is 0 Å². The number of nitrogens with one attached hydrogen (secondary N) is 1. The van der Waals surface area contributed by atoms with Gasteiger partial charge in [-0.2, -0.15) is 0 Å². The first-order chi connectivity index (χ1) is 8.31. The van der Waals surface area contributed by atoms with Crippen LogP contribution in [0.1, 0.15) is 44.9 Å². The number of guanidine groups is 1. The van der Waals surface area contributed by atoms with Crippen LogP contribution in [0.3, 0.4) is 0 Å². The summed E-state index contributed by atoms with van der Waals surface area (Å²) in [5.41, 5.74) is 0.675.